The van der Waals surface area contributed by atoms with E-state index in [2.05, 4.69) is 45.1 Å². The molecule has 0 saturated carbocycles. The average Bonchev–Trinajstić information content (AvgIpc) is 3.25. The van der Waals surface area contributed by atoms with Gasteiger partial charge in [-0.15, -0.1) is 24.0 Å². The normalized spacial score (nSPS) is 12.9. The quantitative estimate of drug-likeness (QED) is 0.283. The lowest BCUT2D eigenvalue weighted by atomic mass is 10.1. The zero-order chi connectivity index (χ0) is 17.5. The molecular formula is C19H28IN5O. The summed E-state index contributed by atoms with van der Waals surface area (Å²) >= 11 is 0. The Balaban J connectivity index is 0.00000243. The number of fused-ring (bicyclic) bond motifs is 1. The summed E-state index contributed by atoms with van der Waals surface area (Å²) in [6.45, 7) is 2.57. The second-order valence-corrected chi connectivity index (χ2v) is 6.34. The van der Waals surface area contributed by atoms with Gasteiger partial charge in [0.25, 0.3) is 0 Å². The van der Waals surface area contributed by atoms with E-state index in [-0.39, 0.29) is 24.0 Å². The van der Waals surface area contributed by atoms with Crippen LogP contribution in [0.3, 0.4) is 0 Å². The highest BCUT2D eigenvalue weighted by Crippen LogP contribution is 2.25. The summed E-state index contributed by atoms with van der Waals surface area (Å²) < 4.78 is 7.39. The van der Waals surface area contributed by atoms with Gasteiger partial charge in [-0.2, -0.15) is 5.10 Å². The number of rotatable bonds is 7. The van der Waals surface area contributed by atoms with Crippen LogP contribution in [-0.2, 0) is 26.3 Å². The van der Waals surface area contributed by atoms with Gasteiger partial charge in [0.2, 0.25) is 0 Å². The molecule has 0 atom stereocenters. The molecule has 0 bridgehead atoms. The van der Waals surface area contributed by atoms with E-state index >= 15 is 0 Å². The summed E-state index contributed by atoms with van der Waals surface area (Å²) in [6, 6.07) is 6.49. The number of benzene rings is 1. The van der Waals surface area contributed by atoms with Crippen LogP contribution in [0.1, 0.15) is 23.1 Å². The molecule has 0 amide bonds. The second-order valence-electron chi connectivity index (χ2n) is 6.34. The number of hydrogen-bond donors (Lipinski definition) is 2. The largest absolute Gasteiger partial charge is 0.493 e. The fraction of sp³-hybridized carbons (Fsp3) is 0.474. The molecule has 3 rings (SSSR count). The maximum absolute atomic E-state index is 5.55. The van der Waals surface area contributed by atoms with Crippen LogP contribution in [0, 0.1) is 0 Å². The van der Waals surface area contributed by atoms with E-state index < -0.39 is 0 Å². The topological polar surface area (TPSA) is 63.5 Å². The number of halogens is 1. The Morgan fingerprint density at radius 2 is 2.08 bits per heavy atom. The Morgan fingerprint density at radius 1 is 1.23 bits per heavy atom. The van der Waals surface area contributed by atoms with Gasteiger partial charge in [-0.05, 0) is 42.0 Å². The number of ether oxygens (including phenoxy) is 1. The third kappa shape index (κ3) is 5.89. The van der Waals surface area contributed by atoms with Crippen molar-refractivity contribution in [1.82, 2.24) is 20.4 Å². The number of aliphatic imine (C=N–C) groups is 1. The van der Waals surface area contributed by atoms with Gasteiger partial charge in [-0.1, -0.05) is 12.1 Å². The molecule has 142 valence electrons. The third-order valence-electron chi connectivity index (χ3n) is 4.38. The predicted octanol–water partition coefficient (Wildman–Crippen LogP) is 2.31. The first-order valence-corrected chi connectivity index (χ1v) is 8.91. The van der Waals surface area contributed by atoms with Gasteiger partial charge in [0.05, 0.1) is 12.8 Å². The fourth-order valence-electron chi connectivity index (χ4n) is 3.04. The van der Waals surface area contributed by atoms with E-state index in [0.717, 1.165) is 57.1 Å². The maximum Gasteiger partial charge on any atom is 0.190 e. The van der Waals surface area contributed by atoms with Crippen molar-refractivity contribution in [3.8, 4) is 5.75 Å². The van der Waals surface area contributed by atoms with Crippen LogP contribution in [-0.4, -0.2) is 42.5 Å². The number of hydrogen-bond acceptors (Lipinski definition) is 3. The lowest BCUT2D eigenvalue weighted by molar-refractivity contribution is 0.357. The van der Waals surface area contributed by atoms with Crippen molar-refractivity contribution in [2.45, 2.75) is 25.7 Å². The number of nitrogens with zero attached hydrogens (tertiary/aromatic N) is 3. The molecule has 1 aromatic carbocycles. The van der Waals surface area contributed by atoms with Gasteiger partial charge in [0.15, 0.2) is 5.96 Å². The minimum Gasteiger partial charge on any atom is -0.493 e. The molecule has 2 heterocycles. The first-order chi connectivity index (χ1) is 12.2. The molecule has 2 aromatic rings. The monoisotopic (exact) mass is 469 g/mol. The molecule has 0 radical (unpaired) electrons. The van der Waals surface area contributed by atoms with E-state index in [4.69, 9.17) is 4.74 Å². The maximum atomic E-state index is 5.55. The molecule has 1 aliphatic rings. The Labute approximate surface area is 172 Å². The number of aryl methyl sites for hydroxylation is 2. The molecule has 0 spiro atoms. The van der Waals surface area contributed by atoms with Crippen LogP contribution in [0.25, 0.3) is 0 Å². The van der Waals surface area contributed by atoms with Crippen LogP contribution < -0.4 is 15.4 Å². The van der Waals surface area contributed by atoms with E-state index in [9.17, 15) is 0 Å². The molecule has 0 aliphatic carbocycles. The smallest absolute Gasteiger partial charge is 0.190 e. The highest BCUT2D eigenvalue weighted by Gasteiger charge is 2.11. The van der Waals surface area contributed by atoms with Crippen LogP contribution >= 0.6 is 24.0 Å². The SMILES string of the molecule is CN=C(NCCCc1cnn(C)c1)NCCc1ccc2c(c1)CCO2.I. The molecular weight excluding hydrogens is 441 g/mol. The average molecular weight is 469 g/mol. The van der Waals surface area contributed by atoms with E-state index in [1.807, 2.05) is 25.0 Å². The second kappa shape index (κ2) is 10.4. The first-order valence-electron chi connectivity index (χ1n) is 8.91. The summed E-state index contributed by atoms with van der Waals surface area (Å²) in [5.41, 5.74) is 3.94. The molecule has 1 aliphatic heterocycles. The highest BCUT2D eigenvalue weighted by molar-refractivity contribution is 14.0. The molecule has 1 aromatic heterocycles. The molecule has 6 nitrogen and oxygen atoms in total. The predicted molar refractivity (Wildman–Crippen MR) is 116 cm³/mol. The Kier molecular flexibility index (Phi) is 8.21. The van der Waals surface area contributed by atoms with Gasteiger partial charge < -0.3 is 15.4 Å². The minimum absolute atomic E-state index is 0. The van der Waals surface area contributed by atoms with Crippen molar-refractivity contribution in [3.63, 3.8) is 0 Å². The summed E-state index contributed by atoms with van der Waals surface area (Å²) in [5, 5.41) is 10.9. The van der Waals surface area contributed by atoms with Crippen LogP contribution in [0.2, 0.25) is 0 Å². The lowest BCUT2D eigenvalue weighted by Crippen LogP contribution is -2.38. The summed E-state index contributed by atoms with van der Waals surface area (Å²) in [5.74, 6) is 1.90. The molecule has 0 saturated heterocycles. The van der Waals surface area contributed by atoms with E-state index in [0.29, 0.717) is 0 Å². The van der Waals surface area contributed by atoms with Gasteiger partial charge in [-0.25, -0.2) is 0 Å². The summed E-state index contributed by atoms with van der Waals surface area (Å²) in [4.78, 5) is 4.28. The fourth-order valence-corrected chi connectivity index (χ4v) is 3.04. The Bertz CT molecular complexity index is 728. The van der Waals surface area contributed by atoms with E-state index in [1.54, 1.807) is 0 Å². The number of guanidine groups is 1. The molecule has 7 heteroatoms. The van der Waals surface area contributed by atoms with Crippen molar-refractivity contribution in [3.05, 3.63) is 47.3 Å². The Morgan fingerprint density at radius 3 is 2.85 bits per heavy atom. The van der Waals surface area contributed by atoms with Crippen LogP contribution in [0.5, 0.6) is 5.75 Å². The molecule has 26 heavy (non-hydrogen) atoms. The van der Waals surface area contributed by atoms with Crippen molar-refractivity contribution in [2.75, 3.05) is 26.7 Å². The lowest BCUT2D eigenvalue weighted by Gasteiger charge is -2.12. The molecule has 0 unspecified atom stereocenters. The summed E-state index contributed by atoms with van der Waals surface area (Å²) in [7, 11) is 3.75. The highest BCUT2D eigenvalue weighted by atomic mass is 127. The standard InChI is InChI=1S/C19H27N5O.HI/c1-20-19(21-9-3-4-16-13-23-24(2)14-16)22-10-7-15-5-6-18-17(12-15)8-11-25-18;/h5-6,12-14H,3-4,7-11H2,1-2H3,(H2,20,21,22);1H. The molecule has 2 N–H and O–H groups in total. The number of nitrogens with one attached hydrogen (secondary N) is 2. The van der Waals surface area contributed by atoms with Gasteiger partial charge >= 0.3 is 0 Å². The van der Waals surface area contributed by atoms with Crippen molar-refractivity contribution in [1.29, 1.82) is 0 Å². The third-order valence-corrected chi connectivity index (χ3v) is 4.38. The van der Waals surface area contributed by atoms with E-state index in [1.165, 1.54) is 16.7 Å². The minimum atomic E-state index is 0. The zero-order valence-electron chi connectivity index (χ0n) is 15.5. The molecule has 0 fully saturated rings. The van der Waals surface area contributed by atoms with Crippen molar-refractivity contribution in [2.24, 2.45) is 12.0 Å². The van der Waals surface area contributed by atoms with Gasteiger partial charge in [0, 0.05) is 39.8 Å². The van der Waals surface area contributed by atoms with Gasteiger partial charge in [-0.3, -0.25) is 9.67 Å². The van der Waals surface area contributed by atoms with Crippen molar-refractivity contribution < 1.29 is 4.74 Å². The summed E-state index contributed by atoms with van der Waals surface area (Å²) in [6.07, 6.45) is 8.07. The van der Waals surface area contributed by atoms with Crippen molar-refractivity contribution >= 4 is 29.9 Å². The van der Waals surface area contributed by atoms with Crippen LogP contribution in [0.15, 0.2) is 35.6 Å². The number of aromatic nitrogens is 2. The first kappa shape index (κ1) is 20.5. The van der Waals surface area contributed by atoms with Crippen LogP contribution in [0.4, 0.5) is 0 Å². The zero-order valence-corrected chi connectivity index (χ0v) is 17.8. The van der Waals surface area contributed by atoms with Gasteiger partial charge in [0.1, 0.15) is 5.75 Å². The Hall–Kier alpha value is -1.77.